The lowest BCUT2D eigenvalue weighted by atomic mass is 9.63. The van der Waals surface area contributed by atoms with Gasteiger partial charge in [-0.1, -0.05) is 39.8 Å². The number of nitrogens with one attached hydrogen (secondary N) is 1. The smallest absolute Gasteiger partial charge is 0.0964 e. The molecule has 0 atom stereocenters. The molecule has 1 aliphatic heterocycles. The van der Waals surface area contributed by atoms with Crippen LogP contribution in [0.3, 0.4) is 0 Å². The number of H-pyrrole nitrogens is 1. The van der Waals surface area contributed by atoms with Crippen LogP contribution in [0.2, 0.25) is 0 Å². The Bertz CT molecular complexity index is 1100. The summed E-state index contributed by atoms with van der Waals surface area (Å²) in [6.45, 7) is 14.9. The summed E-state index contributed by atoms with van der Waals surface area (Å²) < 4.78 is 0. The maximum atomic E-state index is 5.13. The van der Waals surface area contributed by atoms with Crippen molar-refractivity contribution in [1.82, 2.24) is 19.9 Å². The summed E-state index contributed by atoms with van der Waals surface area (Å²) in [5.74, 6) is 0.582. The van der Waals surface area contributed by atoms with Gasteiger partial charge in [-0.15, -0.1) is 11.3 Å². The molecule has 0 saturated carbocycles. The Morgan fingerprint density at radius 3 is 2.47 bits per heavy atom. The van der Waals surface area contributed by atoms with E-state index in [0.717, 1.165) is 25.3 Å². The van der Waals surface area contributed by atoms with E-state index in [1.54, 1.807) is 6.33 Å². The molecule has 0 bridgehead atoms. The molecule has 32 heavy (non-hydrogen) atoms. The summed E-state index contributed by atoms with van der Waals surface area (Å²) in [5.41, 5.74) is 8.34. The third kappa shape index (κ3) is 4.06. The zero-order valence-electron chi connectivity index (χ0n) is 20.2. The topological polar surface area (TPSA) is 44.8 Å². The number of imidazole rings is 1. The molecule has 2 aromatic heterocycles. The van der Waals surface area contributed by atoms with Gasteiger partial charge in [0, 0.05) is 29.1 Å². The van der Waals surface area contributed by atoms with Gasteiger partial charge in [0.05, 0.1) is 22.7 Å². The Morgan fingerprint density at radius 1 is 1.06 bits per heavy atom. The Balaban J connectivity index is 1.30. The number of aryl methyl sites for hydroxylation is 1. The highest BCUT2D eigenvalue weighted by atomic mass is 32.1. The molecule has 0 amide bonds. The molecule has 170 valence electrons. The standard InChI is InChI=1S/C27H36N4S/c1-18-23(29-17-28-18)15-31-12-8-19(9-13-31)25-30-24(16-32-25)20-6-7-21-22(14-20)27(4,5)11-10-26(21,2)3/h6-7,14,16-17,19H,8-13,15H2,1-5H3,(H,28,29). The van der Waals surface area contributed by atoms with Crippen molar-refractivity contribution in [2.45, 2.75) is 83.6 Å². The Kier molecular flexibility index (Phi) is 5.53. The summed E-state index contributed by atoms with van der Waals surface area (Å²) in [7, 11) is 0. The second-order valence-electron chi connectivity index (χ2n) is 11.1. The van der Waals surface area contributed by atoms with Crippen molar-refractivity contribution in [3.8, 4) is 11.3 Å². The molecule has 1 N–H and O–H groups in total. The monoisotopic (exact) mass is 448 g/mol. The third-order valence-electron chi connectivity index (χ3n) is 7.92. The highest BCUT2D eigenvalue weighted by molar-refractivity contribution is 7.10. The van der Waals surface area contributed by atoms with Crippen molar-refractivity contribution in [2.75, 3.05) is 13.1 Å². The molecule has 3 heterocycles. The van der Waals surface area contributed by atoms with Crippen LogP contribution >= 0.6 is 11.3 Å². The van der Waals surface area contributed by atoms with E-state index in [1.165, 1.54) is 58.8 Å². The Hall–Kier alpha value is -1.98. The fourth-order valence-corrected chi connectivity index (χ4v) is 6.45. The van der Waals surface area contributed by atoms with Crippen LogP contribution in [0.25, 0.3) is 11.3 Å². The molecule has 3 aromatic rings. The summed E-state index contributed by atoms with van der Waals surface area (Å²) in [4.78, 5) is 15.3. The summed E-state index contributed by atoms with van der Waals surface area (Å²) in [5, 5.41) is 3.59. The lowest BCUT2D eigenvalue weighted by Gasteiger charge is -2.42. The highest BCUT2D eigenvalue weighted by Gasteiger charge is 2.37. The minimum Gasteiger partial charge on any atom is -0.348 e. The van der Waals surface area contributed by atoms with Gasteiger partial charge in [-0.05, 0) is 73.7 Å². The Morgan fingerprint density at radius 2 is 1.78 bits per heavy atom. The molecule has 0 unspecified atom stereocenters. The molecule has 2 aliphatic rings. The van der Waals surface area contributed by atoms with E-state index in [1.807, 2.05) is 11.3 Å². The summed E-state index contributed by atoms with van der Waals surface area (Å²) in [6, 6.07) is 7.11. The number of rotatable bonds is 4. The van der Waals surface area contributed by atoms with Gasteiger partial charge < -0.3 is 4.98 Å². The molecule has 1 aliphatic carbocycles. The summed E-state index contributed by atoms with van der Waals surface area (Å²) >= 11 is 1.85. The van der Waals surface area contributed by atoms with E-state index in [4.69, 9.17) is 4.98 Å². The van der Waals surface area contributed by atoms with E-state index >= 15 is 0 Å². The van der Waals surface area contributed by atoms with Crippen LogP contribution in [0.15, 0.2) is 29.9 Å². The minimum atomic E-state index is 0.235. The molecule has 5 rings (SSSR count). The number of aromatic nitrogens is 3. The van der Waals surface area contributed by atoms with Crippen molar-refractivity contribution in [2.24, 2.45) is 0 Å². The number of hydrogen-bond acceptors (Lipinski definition) is 4. The largest absolute Gasteiger partial charge is 0.348 e. The van der Waals surface area contributed by atoms with Gasteiger partial charge >= 0.3 is 0 Å². The average molecular weight is 449 g/mol. The van der Waals surface area contributed by atoms with Crippen molar-refractivity contribution in [3.05, 3.63) is 57.4 Å². The first kappa shape index (κ1) is 21.8. The number of fused-ring (bicyclic) bond motifs is 1. The van der Waals surface area contributed by atoms with Crippen LogP contribution in [0.5, 0.6) is 0 Å². The van der Waals surface area contributed by atoms with Crippen molar-refractivity contribution in [1.29, 1.82) is 0 Å². The average Bonchev–Trinajstić information content (AvgIpc) is 3.42. The number of thiazole rings is 1. The molecular formula is C27H36N4S. The van der Waals surface area contributed by atoms with E-state index in [2.05, 4.69) is 73.1 Å². The number of nitrogens with zero attached hydrogens (tertiary/aromatic N) is 3. The van der Waals surface area contributed by atoms with Crippen LogP contribution in [0, 0.1) is 6.92 Å². The zero-order valence-corrected chi connectivity index (χ0v) is 21.0. The number of aromatic amines is 1. The van der Waals surface area contributed by atoms with Gasteiger partial charge in [-0.3, -0.25) is 4.90 Å². The first-order valence-electron chi connectivity index (χ1n) is 12.0. The van der Waals surface area contributed by atoms with Crippen LogP contribution < -0.4 is 0 Å². The predicted octanol–water partition coefficient (Wildman–Crippen LogP) is 6.57. The zero-order chi connectivity index (χ0) is 22.5. The van der Waals surface area contributed by atoms with Gasteiger partial charge in [-0.25, -0.2) is 9.97 Å². The molecular weight excluding hydrogens is 412 g/mol. The summed E-state index contributed by atoms with van der Waals surface area (Å²) in [6.07, 6.45) is 6.67. The number of likely N-dealkylation sites (tertiary alicyclic amines) is 1. The molecule has 0 spiro atoms. The number of hydrogen-bond donors (Lipinski definition) is 1. The van der Waals surface area contributed by atoms with Crippen LogP contribution in [0.1, 0.15) is 86.8 Å². The molecule has 5 heteroatoms. The van der Waals surface area contributed by atoms with Gasteiger partial charge in [0.15, 0.2) is 0 Å². The molecule has 1 saturated heterocycles. The first-order valence-corrected chi connectivity index (χ1v) is 12.9. The predicted molar refractivity (Wildman–Crippen MR) is 133 cm³/mol. The van der Waals surface area contributed by atoms with Gasteiger partial charge in [-0.2, -0.15) is 0 Å². The van der Waals surface area contributed by atoms with Crippen LogP contribution in [-0.4, -0.2) is 32.9 Å². The van der Waals surface area contributed by atoms with Crippen LogP contribution in [-0.2, 0) is 17.4 Å². The maximum Gasteiger partial charge on any atom is 0.0964 e. The molecule has 4 nitrogen and oxygen atoms in total. The lowest BCUT2D eigenvalue weighted by molar-refractivity contribution is 0.202. The fraction of sp³-hybridized carbons (Fsp3) is 0.556. The SMILES string of the molecule is Cc1[nH]cnc1CN1CCC(c2nc(-c3ccc4c(c3)C(C)(C)CCC4(C)C)cs2)CC1. The van der Waals surface area contributed by atoms with E-state index in [9.17, 15) is 0 Å². The second kappa shape index (κ2) is 8.11. The fourth-order valence-electron chi connectivity index (χ4n) is 5.45. The molecule has 1 fully saturated rings. The highest BCUT2D eigenvalue weighted by Crippen LogP contribution is 2.47. The molecule has 1 aromatic carbocycles. The van der Waals surface area contributed by atoms with Crippen molar-refractivity contribution < 1.29 is 0 Å². The van der Waals surface area contributed by atoms with Crippen molar-refractivity contribution >= 4 is 11.3 Å². The van der Waals surface area contributed by atoms with E-state index in [0.29, 0.717) is 5.92 Å². The van der Waals surface area contributed by atoms with Gasteiger partial charge in [0.1, 0.15) is 0 Å². The minimum absolute atomic E-state index is 0.235. The normalized spacial score (nSPS) is 20.9. The second-order valence-corrected chi connectivity index (χ2v) is 12.0. The van der Waals surface area contributed by atoms with Crippen molar-refractivity contribution in [3.63, 3.8) is 0 Å². The maximum absolute atomic E-state index is 5.13. The van der Waals surface area contributed by atoms with Gasteiger partial charge in [0.2, 0.25) is 0 Å². The number of benzene rings is 1. The van der Waals surface area contributed by atoms with Crippen LogP contribution in [0.4, 0.5) is 0 Å². The number of piperidine rings is 1. The molecule has 0 radical (unpaired) electrons. The van der Waals surface area contributed by atoms with Gasteiger partial charge in [0.25, 0.3) is 0 Å². The third-order valence-corrected chi connectivity index (χ3v) is 8.92. The van der Waals surface area contributed by atoms with E-state index < -0.39 is 0 Å². The quantitative estimate of drug-likeness (QED) is 0.491. The Labute approximate surface area is 196 Å². The first-order chi connectivity index (χ1) is 15.2. The lowest BCUT2D eigenvalue weighted by Crippen LogP contribution is -2.33. The van der Waals surface area contributed by atoms with E-state index in [-0.39, 0.29) is 10.8 Å².